The van der Waals surface area contributed by atoms with Gasteiger partial charge in [0.05, 0.1) is 17.8 Å². The van der Waals surface area contributed by atoms with Gasteiger partial charge in [0, 0.05) is 32.0 Å². The largest absolute Gasteiger partial charge is 0.444 e. The molecule has 0 radical (unpaired) electrons. The Labute approximate surface area is 307 Å². The van der Waals surface area contributed by atoms with Crippen LogP contribution in [0.15, 0.2) is 30.9 Å². The van der Waals surface area contributed by atoms with Crippen LogP contribution < -0.4 is 15.4 Å². The summed E-state index contributed by atoms with van der Waals surface area (Å²) in [6.45, 7) is 9.86. The first kappa shape index (κ1) is 36.9. The van der Waals surface area contributed by atoms with Gasteiger partial charge in [-0.15, -0.1) is 6.58 Å². The fourth-order valence-corrected chi connectivity index (χ4v) is 10.3. The van der Waals surface area contributed by atoms with Crippen molar-refractivity contribution >= 4 is 33.8 Å². The van der Waals surface area contributed by atoms with Gasteiger partial charge in [0.2, 0.25) is 21.8 Å². The topological polar surface area (TPSA) is 154 Å². The third kappa shape index (κ3) is 7.62. The number of nitrogens with one attached hydrogen (secondary N) is 3. The lowest BCUT2D eigenvalue weighted by atomic mass is 9.85. The molecule has 1 aromatic carbocycles. The van der Waals surface area contributed by atoms with E-state index in [1.54, 1.807) is 15.9 Å². The average molecular weight is 738 g/mol. The monoisotopic (exact) mass is 737 g/mol. The Morgan fingerprint density at radius 2 is 1.77 bits per heavy atom. The minimum atomic E-state index is -3.85. The molecule has 1 aromatic rings. The summed E-state index contributed by atoms with van der Waals surface area (Å²) in [6, 6.07) is 4.74. The predicted molar refractivity (Wildman–Crippen MR) is 195 cm³/mol. The van der Waals surface area contributed by atoms with E-state index >= 15 is 0 Å². The molecular weight excluding hydrogens is 683 g/mol. The molecule has 4 fully saturated rings. The van der Waals surface area contributed by atoms with E-state index in [1.165, 1.54) is 11.1 Å². The van der Waals surface area contributed by atoms with Crippen molar-refractivity contribution in [3.63, 3.8) is 0 Å². The molecule has 13 heteroatoms. The molecule has 284 valence electrons. The van der Waals surface area contributed by atoms with Crippen molar-refractivity contribution in [2.75, 3.05) is 13.1 Å². The molecule has 1 saturated heterocycles. The zero-order valence-corrected chi connectivity index (χ0v) is 31.5. The second-order valence-electron chi connectivity index (χ2n) is 17.0. The van der Waals surface area contributed by atoms with Crippen molar-refractivity contribution in [2.45, 2.75) is 139 Å². The first-order chi connectivity index (χ1) is 24.8. The van der Waals surface area contributed by atoms with Gasteiger partial charge in [-0.1, -0.05) is 63.8 Å². The van der Waals surface area contributed by atoms with E-state index in [0.717, 1.165) is 63.4 Å². The van der Waals surface area contributed by atoms with E-state index in [-0.39, 0.29) is 36.6 Å². The molecular formula is C39H55N5O7S. The third-order valence-corrected chi connectivity index (χ3v) is 14.3. The summed E-state index contributed by atoms with van der Waals surface area (Å²) in [6.07, 6.45) is 10.6. The second-order valence-corrected chi connectivity index (χ2v) is 18.9. The summed E-state index contributed by atoms with van der Waals surface area (Å²) in [7, 11) is -3.85. The molecule has 0 spiro atoms. The van der Waals surface area contributed by atoms with Crippen LogP contribution in [0.1, 0.15) is 108 Å². The number of benzene rings is 1. The Balaban J connectivity index is 1.16. The van der Waals surface area contributed by atoms with E-state index in [9.17, 15) is 27.6 Å². The van der Waals surface area contributed by atoms with Crippen LogP contribution in [0.3, 0.4) is 0 Å². The van der Waals surface area contributed by atoms with Crippen LogP contribution in [-0.2, 0) is 48.7 Å². The van der Waals surface area contributed by atoms with Crippen molar-refractivity contribution < 1.29 is 32.3 Å². The fourth-order valence-electron chi connectivity index (χ4n) is 8.96. The number of fused-ring (bicyclic) bond motifs is 3. The van der Waals surface area contributed by atoms with Gasteiger partial charge in [-0.05, 0) is 79.4 Å². The number of ether oxygens (including phenoxy) is 1. The molecule has 4 amide bonds. The molecule has 1 unspecified atom stereocenters. The van der Waals surface area contributed by atoms with Crippen LogP contribution in [0.25, 0.3) is 0 Å². The fraction of sp³-hybridized carbons (Fsp3) is 0.692. The minimum Gasteiger partial charge on any atom is -0.444 e. The number of carbonyl (C=O) groups excluding carboxylic acids is 4. The summed E-state index contributed by atoms with van der Waals surface area (Å²) < 4.78 is 33.7. The first-order valence-electron chi connectivity index (χ1n) is 19.4. The summed E-state index contributed by atoms with van der Waals surface area (Å²) >= 11 is 0. The zero-order valence-electron chi connectivity index (χ0n) is 30.7. The Morgan fingerprint density at radius 3 is 2.48 bits per heavy atom. The predicted octanol–water partition coefficient (Wildman–Crippen LogP) is 4.07. The maximum atomic E-state index is 14.7. The molecule has 3 aliphatic heterocycles. The lowest BCUT2D eigenvalue weighted by Crippen LogP contribution is -2.59. The van der Waals surface area contributed by atoms with Gasteiger partial charge in [-0.2, -0.15) is 0 Å². The van der Waals surface area contributed by atoms with Crippen molar-refractivity contribution in [3.8, 4) is 0 Å². The Bertz CT molecular complexity index is 1700. The van der Waals surface area contributed by atoms with Gasteiger partial charge < -0.3 is 20.3 Å². The molecule has 3 saturated carbocycles. The van der Waals surface area contributed by atoms with E-state index in [2.05, 4.69) is 54.0 Å². The van der Waals surface area contributed by atoms with Crippen LogP contribution in [-0.4, -0.2) is 84.1 Å². The lowest BCUT2D eigenvalue weighted by molar-refractivity contribution is -0.142. The van der Waals surface area contributed by atoms with E-state index < -0.39 is 62.8 Å². The molecule has 0 aromatic heterocycles. The molecule has 4 bridgehead atoms. The highest BCUT2D eigenvalue weighted by atomic mass is 32.2. The summed E-state index contributed by atoms with van der Waals surface area (Å²) in [5.41, 5.74) is 2.02. The van der Waals surface area contributed by atoms with E-state index in [0.29, 0.717) is 32.5 Å². The molecule has 3 N–H and O–H groups in total. The lowest BCUT2D eigenvalue weighted by Gasteiger charge is -2.34. The van der Waals surface area contributed by atoms with E-state index in [1.807, 2.05) is 0 Å². The van der Waals surface area contributed by atoms with Crippen LogP contribution in [0.2, 0.25) is 0 Å². The number of carbonyl (C=O) groups is 4. The molecule has 7 rings (SSSR count). The van der Waals surface area contributed by atoms with Gasteiger partial charge in [-0.25, -0.2) is 13.2 Å². The number of nitrogens with zero attached hydrogens (tertiary/aromatic N) is 2. The number of rotatable bonds is 7. The van der Waals surface area contributed by atoms with E-state index in [4.69, 9.17) is 4.74 Å². The van der Waals surface area contributed by atoms with Crippen LogP contribution >= 0.6 is 0 Å². The first-order valence-corrected chi connectivity index (χ1v) is 20.9. The van der Waals surface area contributed by atoms with Crippen molar-refractivity contribution in [1.82, 2.24) is 25.2 Å². The Kier molecular flexibility index (Phi) is 10.2. The van der Waals surface area contributed by atoms with Gasteiger partial charge in [0.25, 0.3) is 5.91 Å². The van der Waals surface area contributed by atoms with Gasteiger partial charge in [-0.3, -0.25) is 24.0 Å². The number of aryl methyl sites for hydroxylation is 1. The minimum absolute atomic E-state index is 0.0448. The molecule has 6 aliphatic rings. The highest BCUT2D eigenvalue weighted by Gasteiger charge is 2.62. The zero-order chi connectivity index (χ0) is 36.8. The number of hydrogen-bond donors (Lipinski definition) is 3. The maximum absolute atomic E-state index is 14.7. The molecule has 12 nitrogen and oxygen atoms in total. The quantitative estimate of drug-likeness (QED) is 0.354. The van der Waals surface area contributed by atoms with Gasteiger partial charge >= 0.3 is 6.09 Å². The van der Waals surface area contributed by atoms with Crippen LogP contribution in [0.5, 0.6) is 0 Å². The van der Waals surface area contributed by atoms with Gasteiger partial charge in [0.15, 0.2) is 0 Å². The number of sulfonamides is 1. The Morgan fingerprint density at radius 1 is 1.02 bits per heavy atom. The Hall–Kier alpha value is -3.45. The highest BCUT2D eigenvalue weighted by molar-refractivity contribution is 7.91. The molecule has 3 aliphatic carbocycles. The highest BCUT2D eigenvalue weighted by Crippen LogP contribution is 2.45. The van der Waals surface area contributed by atoms with Crippen LogP contribution in [0.4, 0.5) is 4.79 Å². The summed E-state index contributed by atoms with van der Waals surface area (Å²) in [4.78, 5) is 59.5. The summed E-state index contributed by atoms with van der Waals surface area (Å²) in [5.74, 6) is -1.92. The van der Waals surface area contributed by atoms with Crippen molar-refractivity contribution in [1.29, 1.82) is 0 Å². The number of amides is 4. The van der Waals surface area contributed by atoms with Gasteiger partial charge in [0.1, 0.15) is 17.7 Å². The molecule has 52 heavy (non-hydrogen) atoms. The van der Waals surface area contributed by atoms with Crippen molar-refractivity contribution in [2.24, 2.45) is 17.3 Å². The number of hydrogen-bond acceptors (Lipinski definition) is 8. The maximum Gasteiger partial charge on any atom is 0.410 e. The SMILES string of the molecule is C=C[C@@H]1C[C@]1(NC(=O)[C@@H]1CC2CN1C(=O)[C@H](C1CCCC1)NCC(C)(C)CCCCCc1cccc3c1CN(C3)C(=O)O2)C(=O)NS(=O)(=O)C1CC1. The van der Waals surface area contributed by atoms with Crippen LogP contribution in [0, 0.1) is 17.3 Å². The standard InChI is InChI=1S/C39H55N5O7S/c1-4-28-20-39(28,36(47)42-52(49,50)30-16-17-30)41-34(45)32-19-29-22-44(32)35(46)33(26-12-7-8-13-26)40-24-38(2,3)18-9-5-6-11-25-14-10-15-27-21-43(23-31(25)27)37(48)51-29/h4,10,14-15,26,28-30,32-33,40H,1,5-9,11-13,16-24H2,2-3H3,(H,41,45)(H,42,47)/t28-,29?,32+,33+,39-/m1/s1. The normalized spacial score (nSPS) is 31.3. The molecule has 3 heterocycles. The summed E-state index contributed by atoms with van der Waals surface area (Å²) in [5, 5.41) is 5.91. The average Bonchev–Trinajstić information content (AvgIpc) is 3.88. The smallest absolute Gasteiger partial charge is 0.410 e. The second kappa shape index (κ2) is 14.4. The molecule has 5 atom stereocenters. The van der Waals surface area contributed by atoms with Crippen molar-refractivity contribution in [3.05, 3.63) is 47.5 Å². The third-order valence-electron chi connectivity index (χ3n) is 12.4.